The van der Waals surface area contributed by atoms with Crippen molar-refractivity contribution >= 4 is 11.8 Å². The number of hydrogen-bond acceptors (Lipinski definition) is 3. The van der Waals surface area contributed by atoms with Crippen molar-refractivity contribution in [2.45, 2.75) is 32.7 Å². The monoisotopic (exact) mass is 454 g/mol. The molecule has 1 amide bonds. The van der Waals surface area contributed by atoms with Gasteiger partial charge in [-0.1, -0.05) is 78.4 Å². The van der Waals surface area contributed by atoms with Crippen molar-refractivity contribution in [3.8, 4) is 0 Å². The summed E-state index contributed by atoms with van der Waals surface area (Å²) in [4.78, 5) is 15.3. The second kappa shape index (κ2) is 10.4. The Bertz CT molecular complexity index is 1080. The Hall–Kier alpha value is -3.11. The maximum atomic E-state index is 12.7. The molecule has 5 rings (SSSR count). The van der Waals surface area contributed by atoms with Crippen molar-refractivity contribution in [1.82, 2.24) is 4.90 Å². The SMILES string of the molecule is Cc1ccc(Cc2ccccc2NC(=O)OCC2C3CCC2CN(Cc2ccccc2)C3)cc1. The quantitative estimate of drug-likeness (QED) is 0.456. The predicted molar refractivity (Wildman–Crippen MR) is 137 cm³/mol. The van der Waals surface area contributed by atoms with Crippen LogP contribution in [-0.2, 0) is 17.7 Å². The van der Waals surface area contributed by atoms with E-state index < -0.39 is 0 Å². The van der Waals surface area contributed by atoms with E-state index in [9.17, 15) is 4.79 Å². The highest BCUT2D eigenvalue weighted by molar-refractivity contribution is 5.85. The smallest absolute Gasteiger partial charge is 0.411 e. The van der Waals surface area contributed by atoms with Crippen LogP contribution in [0.2, 0.25) is 0 Å². The summed E-state index contributed by atoms with van der Waals surface area (Å²) >= 11 is 0. The van der Waals surface area contributed by atoms with Gasteiger partial charge in [-0.25, -0.2) is 4.79 Å². The van der Waals surface area contributed by atoms with E-state index >= 15 is 0 Å². The topological polar surface area (TPSA) is 41.6 Å². The Labute approximate surface area is 202 Å². The van der Waals surface area contributed by atoms with Crippen LogP contribution in [0.3, 0.4) is 0 Å². The molecule has 1 aliphatic heterocycles. The third-order valence-corrected chi connectivity index (χ3v) is 7.53. The van der Waals surface area contributed by atoms with Crippen molar-refractivity contribution in [3.05, 3.63) is 101 Å². The number of nitrogens with zero attached hydrogens (tertiary/aromatic N) is 1. The number of fused-ring (bicyclic) bond motifs is 2. The number of anilines is 1. The molecular formula is C30H34N2O2. The van der Waals surface area contributed by atoms with Gasteiger partial charge in [-0.05, 0) is 60.8 Å². The second-order valence-electron chi connectivity index (χ2n) is 9.98. The first kappa shape index (κ1) is 22.7. The molecule has 2 atom stereocenters. The third kappa shape index (κ3) is 5.51. The van der Waals surface area contributed by atoms with Crippen LogP contribution >= 0.6 is 0 Å². The van der Waals surface area contributed by atoms with Crippen LogP contribution in [0.4, 0.5) is 10.5 Å². The van der Waals surface area contributed by atoms with Crippen molar-refractivity contribution < 1.29 is 9.53 Å². The highest BCUT2D eigenvalue weighted by atomic mass is 16.5. The van der Waals surface area contributed by atoms with Gasteiger partial charge in [-0.15, -0.1) is 0 Å². The number of aryl methyl sites for hydroxylation is 1. The molecule has 1 saturated carbocycles. The van der Waals surface area contributed by atoms with Gasteiger partial charge in [0.05, 0.1) is 6.61 Å². The Kier molecular flexibility index (Phi) is 6.96. The molecule has 1 heterocycles. The van der Waals surface area contributed by atoms with Crippen LogP contribution in [-0.4, -0.2) is 30.7 Å². The summed E-state index contributed by atoms with van der Waals surface area (Å²) in [5.74, 6) is 1.70. The number of nitrogens with one attached hydrogen (secondary N) is 1. The van der Waals surface area contributed by atoms with Crippen LogP contribution in [0.5, 0.6) is 0 Å². The molecule has 3 aromatic carbocycles. The number of amides is 1. The Morgan fingerprint density at radius 1 is 0.882 bits per heavy atom. The average Bonchev–Trinajstić information content (AvgIpc) is 3.09. The molecule has 0 aromatic heterocycles. The van der Waals surface area contributed by atoms with E-state index in [2.05, 4.69) is 77.8 Å². The molecule has 1 N–H and O–H groups in total. The summed E-state index contributed by atoms with van der Waals surface area (Å²) in [5.41, 5.74) is 5.78. The van der Waals surface area contributed by atoms with Crippen LogP contribution in [0.1, 0.15) is 35.1 Å². The zero-order valence-electron chi connectivity index (χ0n) is 20.0. The van der Waals surface area contributed by atoms with Crippen LogP contribution in [0, 0.1) is 24.7 Å². The fourth-order valence-corrected chi connectivity index (χ4v) is 5.72. The number of hydrogen-bond donors (Lipinski definition) is 1. The fourth-order valence-electron chi connectivity index (χ4n) is 5.72. The number of carbonyl (C=O) groups is 1. The first-order valence-electron chi connectivity index (χ1n) is 12.5. The minimum atomic E-state index is -0.345. The molecule has 34 heavy (non-hydrogen) atoms. The first-order chi connectivity index (χ1) is 16.6. The molecule has 0 spiro atoms. The lowest BCUT2D eigenvalue weighted by molar-refractivity contribution is 0.0528. The minimum absolute atomic E-state index is 0.345. The van der Waals surface area contributed by atoms with E-state index in [1.807, 2.05) is 18.2 Å². The maximum absolute atomic E-state index is 12.7. The van der Waals surface area contributed by atoms with E-state index in [1.54, 1.807) is 0 Å². The first-order valence-corrected chi connectivity index (χ1v) is 12.5. The molecule has 1 aliphatic carbocycles. The Morgan fingerprint density at radius 3 is 2.29 bits per heavy atom. The van der Waals surface area contributed by atoms with Gasteiger partial charge in [0.25, 0.3) is 0 Å². The summed E-state index contributed by atoms with van der Waals surface area (Å²) in [6, 6.07) is 27.2. The van der Waals surface area contributed by atoms with Crippen molar-refractivity contribution in [2.24, 2.45) is 17.8 Å². The standard InChI is InChI=1S/C30H34N2O2/c1-22-11-13-23(14-12-22)17-25-9-5-6-10-29(25)31-30(33)34-21-28-26-15-16-27(28)20-32(19-26)18-24-7-3-2-4-8-24/h2-14,26-28H,15-21H2,1H3,(H,31,33). The van der Waals surface area contributed by atoms with Gasteiger partial charge >= 0.3 is 6.09 Å². The van der Waals surface area contributed by atoms with Gasteiger partial charge in [0.2, 0.25) is 0 Å². The van der Waals surface area contributed by atoms with Gasteiger partial charge in [0, 0.05) is 31.2 Å². The normalized spacial score (nSPS) is 21.9. The number of piperidine rings is 1. The van der Waals surface area contributed by atoms with Gasteiger partial charge in [-0.3, -0.25) is 10.2 Å². The van der Waals surface area contributed by atoms with Gasteiger partial charge in [0.1, 0.15) is 0 Å². The van der Waals surface area contributed by atoms with Crippen molar-refractivity contribution in [2.75, 3.05) is 25.0 Å². The number of benzene rings is 3. The highest BCUT2D eigenvalue weighted by Crippen LogP contribution is 2.42. The van der Waals surface area contributed by atoms with E-state index in [-0.39, 0.29) is 6.09 Å². The minimum Gasteiger partial charge on any atom is -0.449 e. The zero-order valence-corrected chi connectivity index (χ0v) is 20.0. The van der Waals surface area contributed by atoms with Gasteiger partial charge < -0.3 is 4.74 Å². The molecule has 1 saturated heterocycles. The Morgan fingerprint density at radius 2 is 1.56 bits per heavy atom. The van der Waals surface area contributed by atoms with E-state index in [0.717, 1.165) is 37.3 Å². The molecule has 2 bridgehead atoms. The summed E-state index contributed by atoms with van der Waals surface area (Å²) in [5, 5.41) is 3.00. The second-order valence-corrected chi connectivity index (χ2v) is 9.98. The lowest BCUT2D eigenvalue weighted by Crippen LogP contribution is -2.43. The zero-order chi connectivity index (χ0) is 23.3. The molecule has 2 fully saturated rings. The molecular weight excluding hydrogens is 420 g/mol. The number of likely N-dealkylation sites (tertiary alicyclic amines) is 1. The lowest BCUT2D eigenvalue weighted by atomic mass is 9.85. The maximum Gasteiger partial charge on any atom is 0.411 e. The Balaban J connectivity index is 1.14. The molecule has 3 aromatic rings. The summed E-state index contributed by atoms with van der Waals surface area (Å²) < 4.78 is 5.77. The molecule has 2 unspecified atom stereocenters. The lowest BCUT2D eigenvalue weighted by Gasteiger charge is -2.37. The van der Waals surface area contributed by atoms with Gasteiger partial charge in [0.15, 0.2) is 0 Å². The van der Waals surface area contributed by atoms with E-state index in [4.69, 9.17) is 4.74 Å². The molecule has 2 aliphatic rings. The molecule has 4 nitrogen and oxygen atoms in total. The fraction of sp³-hybridized carbons (Fsp3) is 0.367. The molecule has 0 radical (unpaired) electrons. The third-order valence-electron chi connectivity index (χ3n) is 7.53. The highest BCUT2D eigenvalue weighted by Gasteiger charge is 2.42. The molecule has 4 heteroatoms. The summed E-state index contributed by atoms with van der Waals surface area (Å²) in [6.45, 7) is 5.82. The number of para-hydroxylation sites is 1. The van der Waals surface area contributed by atoms with Gasteiger partial charge in [-0.2, -0.15) is 0 Å². The summed E-state index contributed by atoms with van der Waals surface area (Å²) in [7, 11) is 0. The number of rotatable bonds is 7. The largest absolute Gasteiger partial charge is 0.449 e. The average molecular weight is 455 g/mol. The number of carbonyl (C=O) groups excluding carboxylic acids is 1. The van der Waals surface area contributed by atoms with Crippen molar-refractivity contribution in [1.29, 1.82) is 0 Å². The predicted octanol–water partition coefficient (Wildman–Crippen LogP) is 6.29. The van der Waals surface area contributed by atoms with Crippen LogP contribution in [0.15, 0.2) is 78.9 Å². The summed E-state index contributed by atoms with van der Waals surface area (Å²) in [6.07, 6.45) is 2.92. The number of ether oxygens (including phenoxy) is 1. The van der Waals surface area contributed by atoms with E-state index in [0.29, 0.717) is 24.4 Å². The van der Waals surface area contributed by atoms with Crippen LogP contribution < -0.4 is 5.32 Å². The molecule has 176 valence electrons. The van der Waals surface area contributed by atoms with Crippen molar-refractivity contribution in [3.63, 3.8) is 0 Å². The van der Waals surface area contributed by atoms with Crippen LogP contribution in [0.25, 0.3) is 0 Å². The van der Waals surface area contributed by atoms with E-state index in [1.165, 1.54) is 29.5 Å².